The first-order chi connectivity index (χ1) is 13.0. The maximum absolute atomic E-state index is 13.0. The van der Waals surface area contributed by atoms with Gasteiger partial charge in [0.2, 0.25) is 0 Å². The zero-order valence-corrected chi connectivity index (χ0v) is 13.6. The molecule has 0 radical (unpaired) electrons. The van der Waals surface area contributed by atoms with Crippen LogP contribution >= 0.6 is 0 Å². The van der Waals surface area contributed by atoms with Crippen molar-refractivity contribution in [2.45, 2.75) is 0 Å². The van der Waals surface area contributed by atoms with E-state index in [0.717, 1.165) is 0 Å². The number of imide groups is 1. The summed E-state index contributed by atoms with van der Waals surface area (Å²) in [6, 6.07) is 12.4. The SMILES string of the molecule is O=C1c2cccc3c([N+](=O)[O-])ccc(c23)C(=O)N1N=Cc1ccc(F)cc1. The fraction of sp³-hybridized carbons (Fsp3) is 0. The number of hydrogen-bond acceptors (Lipinski definition) is 5. The van der Waals surface area contributed by atoms with Crippen molar-refractivity contribution >= 4 is 34.5 Å². The van der Waals surface area contributed by atoms with Crippen LogP contribution < -0.4 is 0 Å². The molecule has 0 spiro atoms. The van der Waals surface area contributed by atoms with Crippen molar-refractivity contribution in [3.63, 3.8) is 0 Å². The van der Waals surface area contributed by atoms with Crippen molar-refractivity contribution in [2.75, 3.05) is 0 Å². The third-order valence-corrected chi connectivity index (χ3v) is 4.25. The minimum Gasteiger partial charge on any atom is -0.267 e. The lowest BCUT2D eigenvalue weighted by Crippen LogP contribution is -2.36. The number of non-ortho nitro benzene ring substituents is 1. The third-order valence-electron chi connectivity index (χ3n) is 4.25. The molecule has 7 nitrogen and oxygen atoms in total. The second-order valence-corrected chi connectivity index (χ2v) is 5.84. The number of benzene rings is 3. The lowest BCUT2D eigenvalue weighted by molar-refractivity contribution is -0.383. The van der Waals surface area contributed by atoms with Gasteiger partial charge in [-0.1, -0.05) is 18.2 Å². The molecule has 0 saturated heterocycles. The molecule has 4 rings (SSSR count). The first-order valence-corrected chi connectivity index (χ1v) is 7.86. The molecule has 27 heavy (non-hydrogen) atoms. The minimum atomic E-state index is -0.683. The van der Waals surface area contributed by atoms with Gasteiger partial charge in [-0.05, 0) is 35.9 Å². The number of nitrogens with zero attached hydrogens (tertiary/aromatic N) is 3. The van der Waals surface area contributed by atoms with Gasteiger partial charge in [-0.15, -0.1) is 0 Å². The highest BCUT2D eigenvalue weighted by atomic mass is 19.1. The number of halogens is 1. The molecule has 3 aromatic carbocycles. The van der Waals surface area contributed by atoms with Crippen LogP contribution in [0.2, 0.25) is 0 Å². The fourth-order valence-electron chi connectivity index (χ4n) is 3.01. The highest BCUT2D eigenvalue weighted by Gasteiger charge is 2.34. The molecule has 1 heterocycles. The molecule has 132 valence electrons. The van der Waals surface area contributed by atoms with Crippen molar-refractivity contribution in [1.29, 1.82) is 0 Å². The Kier molecular flexibility index (Phi) is 3.73. The summed E-state index contributed by atoms with van der Waals surface area (Å²) >= 11 is 0. The minimum absolute atomic E-state index is 0.155. The number of hydrazone groups is 1. The lowest BCUT2D eigenvalue weighted by Gasteiger charge is -2.22. The first-order valence-electron chi connectivity index (χ1n) is 7.86. The number of rotatable bonds is 3. The second kappa shape index (κ2) is 6.10. The zero-order chi connectivity index (χ0) is 19.1. The topological polar surface area (TPSA) is 92.9 Å². The molecule has 0 aliphatic carbocycles. The van der Waals surface area contributed by atoms with Crippen LogP contribution in [0, 0.1) is 15.9 Å². The Hall–Kier alpha value is -3.94. The maximum atomic E-state index is 13.0. The maximum Gasteiger partial charge on any atom is 0.282 e. The summed E-state index contributed by atoms with van der Waals surface area (Å²) in [6.45, 7) is 0. The predicted molar refractivity (Wildman–Crippen MR) is 95.1 cm³/mol. The number of carbonyl (C=O) groups is 2. The number of carbonyl (C=O) groups excluding carboxylic acids is 2. The third kappa shape index (κ3) is 2.63. The molecule has 0 saturated carbocycles. The van der Waals surface area contributed by atoms with E-state index >= 15 is 0 Å². The number of hydrogen-bond donors (Lipinski definition) is 0. The Morgan fingerprint density at radius 1 is 0.963 bits per heavy atom. The Labute approximate surface area is 151 Å². The molecule has 0 atom stereocenters. The van der Waals surface area contributed by atoms with Crippen molar-refractivity contribution in [3.8, 4) is 0 Å². The normalized spacial score (nSPS) is 13.6. The average molecular weight is 363 g/mol. The summed E-state index contributed by atoms with van der Waals surface area (Å²) in [6.07, 6.45) is 1.27. The van der Waals surface area contributed by atoms with Gasteiger partial charge in [-0.3, -0.25) is 19.7 Å². The summed E-state index contributed by atoms with van der Waals surface area (Å²) in [5, 5.41) is 16.3. The summed E-state index contributed by atoms with van der Waals surface area (Å²) in [4.78, 5) is 36.1. The molecule has 0 fully saturated rings. The smallest absolute Gasteiger partial charge is 0.267 e. The van der Waals surface area contributed by atoms with Gasteiger partial charge >= 0.3 is 0 Å². The summed E-state index contributed by atoms with van der Waals surface area (Å²) in [5.74, 6) is -1.78. The van der Waals surface area contributed by atoms with Crippen molar-refractivity contribution in [1.82, 2.24) is 5.01 Å². The van der Waals surface area contributed by atoms with Crippen LogP contribution in [0.25, 0.3) is 10.8 Å². The summed E-state index contributed by atoms with van der Waals surface area (Å²) < 4.78 is 13.0. The van der Waals surface area contributed by atoms with E-state index in [-0.39, 0.29) is 27.6 Å². The van der Waals surface area contributed by atoms with Crippen LogP contribution in [0.4, 0.5) is 10.1 Å². The lowest BCUT2D eigenvalue weighted by atomic mass is 9.94. The van der Waals surface area contributed by atoms with Crippen molar-refractivity contribution in [3.05, 3.63) is 87.2 Å². The number of nitro benzene ring substituents is 1. The highest BCUT2D eigenvalue weighted by Crippen LogP contribution is 2.35. The van der Waals surface area contributed by atoms with Crippen LogP contribution in [0.1, 0.15) is 26.3 Å². The van der Waals surface area contributed by atoms with Crippen LogP contribution in [0.15, 0.2) is 59.7 Å². The Balaban J connectivity index is 1.82. The predicted octanol–water partition coefficient (Wildman–Crippen LogP) is 3.52. The Morgan fingerprint density at radius 2 is 1.63 bits per heavy atom. The van der Waals surface area contributed by atoms with E-state index in [2.05, 4.69) is 5.10 Å². The molecule has 8 heteroatoms. The molecule has 3 aromatic rings. The average Bonchev–Trinajstić information content (AvgIpc) is 2.66. The zero-order valence-electron chi connectivity index (χ0n) is 13.6. The second-order valence-electron chi connectivity index (χ2n) is 5.84. The van der Waals surface area contributed by atoms with Gasteiger partial charge in [-0.25, -0.2) is 4.39 Å². The van der Waals surface area contributed by atoms with Crippen LogP contribution in [-0.2, 0) is 0 Å². The molecule has 1 aliphatic heterocycles. The first kappa shape index (κ1) is 16.5. The van der Waals surface area contributed by atoms with E-state index < -0.39 is 22.6 Å². The van der Waals surface area contributed by atoms with Crippen molar-refractivity contribution < 1.29 is 18.9 Å². The molecular weight excluding hydrogens is 353 g/mol. The van der Waals surface area contributed by atoms with Gasteiger partial charge in [0.05, 0.1) is 27.7 Å². The molecule has 0 N–H and O–H groups in total. The van der Waals surface area contributed by atoms with Gasteiger partial charge in [0.15, 0.2) is 0 Å². The van der Waals surface area contributed by atoms with E-state index in [0.29, 0.717) is 10.6 Å². The van der Waals surface area contributed by atoms with E-state index in [9.17, 15) is 24.1 Å². The number of nitro groups is 1. The quantitative estimate of drug-likeness (QED) is 0.308. The van der Waals surface area contributed by atoms with Crippen molar-refractivity contribution in [2.24, 2.45) is 5.10 Å². The summed E-state index contributed by atoms with van der Waals surface area (Å²) in [7, 11) is 0. The summed E-state index contributed by atoms with van der Waals surface area (Å²) in [5.41, 5.74) is 0.633. The standard InChI is InChI=1S/C19H10FN3O4/c20-12-6-4-11(5-7-12)10-21-22-18(24)14-3-1-2-13-16(23(26)27)9-8-15(17(13)14)19(22)25/h1-10H. The van der Waals surface area contributed by atoms with Gasteiger partial charge < -0.3 is 0 Å². The molecule has 2 amide bonds. The monoisotopic (exact) mass is 363 g/mol. The Bertz CT molecular complexity index is 1130. The Morgan fingerprint density at radius 3 is 2.30 bits per heavy atom. The highest BCUT2D eigenvalue weighted by molar-refractivity contribution is 6.26. The van der Waals surface area contributed by atoms with Crippen LogP contribution in [-0.4, -0.2) is 28.0 Å². The van der Waals surface area contributed by atoms with Gasteiger partial charge in [0, 0.05) is 11.5 Å². The van der Waals surface area contributed by atoms with Gasteiger partial charge in [0.1, 0.15) is 5.82 Å². The van der Waals surface area contributed by atoms with Gasteiger partial charge in [0.25, 0.3) is 17.5 Å². The van der Waals surface area contributed by atoms with E-state index in [1.54, 1.807) is 0 Å². The fourth-order valence-corrected chi connectivity index (χ4v) is 3.01. The van der Waals surface area contributed by atoms with Crippen LogP contribution in [0.5, 0.6) is 0 Å². The molecular formula is C19H10FN3O4. The van der Waals surface area contributed by atoms with Crippen LogP contribution in [0.3, 0.4) is 0 Å². The molecule has 0 bridgehead atoms. The van der Waals surface area contributed by atoms with E-state index in [1.807, 2.05) is 0 Å². The number of amides is 2. The molecule has 1 aliphatic rings. The molecule has 0 aromatic heterocycles. The largest absolute Gasteiger partial charge is 0.282 e. The van der Waals surface area contributed by atoms with E-state index in [4.69, 9.17) is 0 Å². The molecule has 0 unspecified atom stereocenters. The van der Waals surface area contributed by atoms with Gasteiger partial charge in [-0.2, -0.15) is 10.1 Å². The van der Waals surface area contributed by atoms with E-state index in [1.165, 1.54) is 60.8 Å².